The zero-order chi connectivity index (χ0) is 28.0. The van der Waals surface area contributed by atoms with Crippen LogP contribution >= 0.6 is 0 Å². The summed E-state index contributed by atoms with van der Waals surface area (Å²) >= 11 is 0. The molecule has 1 N–H and O–H groups in total. The number of Topliss-reactive ketones (excluding diaryl/α,β-unsaturated/α-hetero) is 1. The van der Waals surface area contributed by atoms with Crippen LogP contribution in [0.3, 0.4) is 0 Å². The SMILES string of the molecule is CCc1cc2ncnc(Cc3cccc(CC(=O)C/C(=C/C(=N)C(C)(C)C)Cc4cccnc4)c3)c2cc1C.[HH].[HH]. The largest absolute Gasteiger partial charge is 0.305 e. The smallest absolute Gasteiger partial charge is 0.141 e. The lowest BCUT2D eigenvalue weighted by molar-refractivity contribution is -0.117. The number of benzene rings is 2. The molecule has 204 valence electrons. The summed E-state index contributed by atoms with van der Waals surface area (Å²) in [5.41, 5.74) is 8.88. The lowest BCUT2D eigenvalue weighted by Crippen LogP contribution is -2.18. The van der Waals surface area contributed by atoms with Gasteiger partial charge in [0, 0.05) is 51.0 Å². The number of hydrogen-bond acceptors (Lipinski definition) is 5. The number of carbonyl (C=O) groups excluding carboxylic acids is 1. The Morgan fingerprint density at radius 3 is 2.49 bits per heavy atom. The van der Waals surface area contributed by atoms with Crippen molar-refractivity contribution in [3.8, 4) is 0 Å². The lowest BCUT2D eigenvalue weighted by Gasteiger charge is -2.18. The fourth-order valence-electron chi connectivity index (χ4n) is 4.77. The highest BCUT2D eigenvalue weighted by atomic mass is 16.1. The van der Waals surface area contributed by atoms with Crippen LogP contribution in [0.4, 0.5) is 0 Å². The second-order valence-electron chi connectivity index (χ2n) is 11.4. The molecule has 2 heterocycles. The van der Waals surface area contributed by atoms with Crippen LogP contribution < -0.4 is 0 Å². The molecule has 0 aliphatic rings. The van der Waals surface area contributed by atoms with Gasteiger partial charge in [0.05, 0.1) is 11.2 Å². The Morgan fingerprint density at radius 1 is 1.00 bits per heavy atom. The van der Waals surface area contributed by atoms with E-state index in [4.69, 9.17) is 5.41 Å². The second-order valence-corrected chi connectivity index (χ2v) is 11.4. The number of fused-ring (bicyclic) bond motifs is 1. The van der Waals surface area contributed by atoms with Gasteiger partial charge in [0.2, 0.25) is 0 Å². The molecule has 0 spiro atoms. The Balaban J connectivity index is 0.00000294. The first-order valence-electron chi connectivity index (χ1n) is 13.6. The van der Waals surface area contributed by atoms with E-state index in [2.05, 4.69) is 53.1 Å². The summed E-state index contributed by atoms with van der Waals surface area (Å²) < 4.78 is 0. The third-order valence-electron chi connectivity index (χ3n) is 7.06. The van der Waals surface area contributed by atoms with E-state index in [-0.39, 0.29) is 14.1 Å². The first-order chi connectivity index (χ1) is 18.6. The highest BCUT2D eigenvalue weighted by molar-refractivity contribution is 5.98. The van der Waals surface area contributed by atoms with Gasteiger partial charge in [-0.25, -0.2) is 9.97 Å². The molecule has 0 saturated heterocycles. The molecule has 4 aromatic rings. The summed E-state index contributed by atoms with van der Waals surface area (Å²) in [6.45, 7) is 10.4. The maximum absolute atomic E-state index is 13.2. The number of rotatable bonds is 10. The van der Waals surface area contributed by atoms with E-state index < -0.39 is 0 Å². The van der Waals surface area contributed by atoms with E-state index in [1.165, 1.54) is 11.1 Å². The molecule has 0 saturated carbocycles. The molecule has 0 amide bonds. The van der Waals surface area contributed by atoms with Crippen molar-refractivity contribution in [2.75, 3.05) is 0 Å². The van der Waals surface area contributed by atoms with E-state index in [9.17, 15) is 4.79 Å². The number of nitrogens with zero attached hydrogens (tertiary/aromatic N) is 3. The molecule has 0 aliphatic carbocycles. The van der Waals surface area contributed by atoms with Crippen molar-refractivity contribution < 1.29 is 7.65 Å². The molecule has 0 radical (unpaired) electrons. The molecule has 5 nitrogen and oxygen atoms in total. The predicted molar refractivity (Wildman–Crippen MR) is 164 cm³/mol. The molecule has 0 fully saturated rings. The zero-order valence-electron chi connectivity index (χ0n) is 23.7. The van der Waals surface area contributed by atoms with Crippen LogP contribution in [0.25, 0.3) is 10.9 Å². The highest BCUT2D eigenvalue weighted by Crippen LogP contribution is 2.24. The molecular formula is C34H42N4O. The second kappa shape index (κ2) is 12.2. The third kappa shape index (κ3) is 7.53. The fraction of sp³-hybridized carbons (Fsp3) is 0.324. The predicted octanol–water partition coefficient (Wildman–Crippen LogP) is 7.72. The summed E-state index contributed by atoms with van der Waals surface area (Å²) in [5, 5.41) is 9.60. The van der Waals surface area contributed by atoms with Crippen LogP contribution in [-0.2, 0) is 30.5 Å². The quantitative estimate of drug-likeness (QED) is 0.216. The monoisotopic (exact) mass is 522 g/mol. The zero-order valence-corrected chi connectivity index (χ0v) is 23.7. The third-order valence-corrected chi connectivity index (χ3v) is 7.06. The highest BCUT2D eigenvalue weighted by Gasteiger charge is 2.17. The van der Waals surface area contributed by atoms with Crippen molar-refractivity contribution >= 4 is 22.4 Å². The minimum absolute atomic E-state index is 0. The van der Waals surface area contributed by atoms with Crippen LogP contribution in [0.2, 0.25) is 0 Å². The average Bonchev–Trinajstić information content (AvgIpc) is 2.89. The van der Waals surface area contributed by atoms with Gasteiger partial charge in [-0.05, 0) is 71.9 Å². The number of carbonyl (C=O) groups is 1. The summed E-state index contributed by atoms with van der Waals surface area (Å²) in [7, 11) is 0. The Hall–Kier alpha value is -3.99. The first kappa shape index (κ1) is 28.0. The van der Waals surface area contributed by atoms with E-state index in [0.717, 1.165) is 45.3 Å². The van der Waals surface area contributed by atoms with Crippen molar-refractivity contribution in [2.45, 2.75) is 66.7 Å². The van der Waals surface area contributed by atoms with Gasteiger partial charge in [0.15, 0.2) is 0 Å². The van der Waals surface area contributed by atoms with Crippen molar-refractivity contribution in [3.63, 3.8) is 0 Å². The molecular weight excluding hydrogens is 480 g/mol. The van der Waals surface area contributed by atoms with Gasteiger partial charge >= 0.3 is 0 Å². The Labute approximate surface area is 234 Å². The molecule has 2 aromatic heterocycles. The van der Waals surface area contributed by atoms with Crippen LogP contribution in [-0.4, -0.2) is 26.4 Å². The molecule has 0 aliphatic heterocycles. The summed E-state index contributed by atoms with van der Waals surface area (Å²) in [6.07, 6.45) is 10.0. The van der Waals surface area contributed by atoms with Crippen LogP contribution in [0.5, 0.6) is 0 Å². The Kier molecular flexibility index (Phi) is 8.80. The lowest BCUT2D eigenvalue weighted by atomic mass is 9.87. The molecule has 0 bridgehead atoms. The minimum Gasteiger partial charge on any atom is -0.305 e. The number of aryl methyl sites for hydroxylation is 2. The number of pyridine rings is 1. The van der Waals surface area contributed by atoms with Gasteiger partial charge in [0.25, 0.3) is 0 Å². The number of aromatic nitrogens is 3. The van der Waals surface area contributed by atoms with E-state index in [0.29, 0.717) is 31.4 Å². The standard InChI is InChI=1S/C34H38N4O.2H2/c1-6-28-20-32-30(13-23(28)2)31(37-22-38-32)18-25-10-7-9-24(14-25)16-29(39)17-27(19-33(35)34(3,4)5)15-26-11-8-12-36-21-26;;/h7-14,19-22,35H,6,15-18H2,1-5H3;2*1H/b27-19+,35-33?;;. The molecule has 39 heavy (non-hydrogen) atoms. The van der Waals surface area contributed by atoms with Crippen LogP contribution in [0.15, 0.2) is 78.9 Å². The van der Waals surface area contributed by atoms with Gasteiger partial charge < -0.3 is 5.41 Å². The van der Waals surface area contributed by atoms with Crippen molar-refractivity contribution in [2.24, 2.45) is 5.41 Å². The number of nitrogens with one attached hydrogen (secondary N) is 1. The Morgan fingerprint density at radius 2 is 1.77 bits per heavy atom. The van der Waals surface area contributed by atoms with E-state index >= 15 is 0 Å². The van der Waals surface area contributed by atoms with Gasteiger partial charge in [-0.3, -0.25) is 9.78 Å². The van der Waals surface area contributed by atoms with Crippen LogP contribution in [0.1, 0.15) is 70.5 Å². The normalized spacial score (nSPS) is 12.1. The van der Waals surface area contributed by atoms with Gasteiger partial charge in [-0.2, -0.15) is 0 Å². The number of allylic oxidation sites excluding steroid dienone is 2. The average molecular weight is 523 g/mol. The van der Waals surface area contributed by atoms with Crippen molar-refractivity contribution in [1.82, 2.24) is 15.0 Å². The molecule has 0 atom stereocenters. The summed E-state index contributed by atoms with van der Waals surface area (Å²) in [5.74, 6) is 0.138. The topological polar surface area (TPSA) is 79.6 Å². The molecule has 0 unspecified atom stereocenters. The number of ketones is 1. The summed E-state index contributed by atoms with van der Waals surface area (Å²) in [4.78, 5) is 26.6. The van der Waals surface area contributed by atoms with E-state index in [1.807, 2.05) is 57.3 Å². The van der Waals surface area contributed by atoms with Crippen molar-refractivity contribution in [1.29, 1.82) is 5.41 Å². The first-order valence-corrected chi connectivity index (χ1v) is 13.6. The molecule has 5 heteroatoms. The molecule has 4 rings (SSSR count). The van der Waals surface area contributed by atoms with Crippen molar-refractivity contribution in [3.05, 3.63) is 112 Å². The van der Waals surface area contributed by atoms with Gasteiger partial charge in [-0.1, -0.05) is 63.6 Å². The maximum Gasteiger partial charge on any atom is 0.141 e. The Bertz CT molecular complexity index is 1530. The number of hydrogen-bond donors (Lipinski definition) is 1. The maximum atomic E-state index is 13.2. The van der Waals surface area contributed by atoms with Crippen LogP contribution in [0, 0.1) is 17.7 Å². The van der Waals surface area contributed by atoms with E-state index in [1.54, 1.807) is 12.5 Å². The minimum atomic E-state index is -0.278. The molecule has 2 aromatic carbocycles. The summed E-state index contributed by atoms with van der Waals surface area (Å²) in [6, 6.07) is 16.5. The fourth-order valence-corrected chi connectivity index (χ4v) is 4.77. The van der Waals surface area contributed by atoms with Gasteiger partial charge in [0.1, 0.15) is 12.1 Å². The van der Waals surface area contributed by atoms with Gasteiger partial charge in [-0.15, -0.1) is 0 Å².